The number of hydrogen-bond acceptors (Lipinski definition) is 1. The van der Waals surface area contributed by atoms with Crippen LogP contribution in [0.25, 0.3) is 10.9 Å². The second-order valence-corrected chi connectivity index (χ2v) is 5.12. The van der Waals surface area contributed by atoms with Gasteiger partial charge in [-0.3, -0.25) is 0 Å². The van der Waals surface area contributed by atoms with Gasteiger partial charge in [-0.1, -0.05) is 18.2 Å². The van der Waals surface area contributed by atoms with Crippen molar-refractivity contribution in [3.8, 4) is 0 Å². The zero-order chi connectivity index (χ0) is 14.8. The quantitative estimate of drug-likeness (QED) is 0.735. The van der Waals surface area contributed by atoms with Gasteiger partial charge in [0.25, 0.3) is 0 Å². The second-order valence-electron chi connectivity index (χ2n) is 5.12. The Labute approximate surface area is 121 Å². The van der Waals surface area contributed by atoms with E-state index in [9.17, 15) is 8.78 Å². The number of rotatable bonds is 4. The maximum Gasteiger partial charge on any atom is 0.130 e. The molecule has 0 radical (unpaired) electrons. The van der Waals surface area contributed by atoms with Crippen LogP contribution < -0.4 is 5.32 Å². The first-order chi connectivity index (χ1) is 10.1. The van der Waals surface area contributed by atoms with E-state index in [0.717, 1.165) is 22.5 Å². The molecule has 2 N–H and O–H groups in total. The number of aromatic nitrogens is 1. The molecule has 1 heterocycles. The van der Waals surface area contributed by atoms with Crippen LogP contribution in [0, 0.1) is 11.6 Å². The number of halogens is 2. The number of aromatic amines is 1. The molecule has 0 amide bonds. The predicted octanol–water partition coefficient (Wildman–Crippen LogP) is 4.30. The molecule has 1 atom stereocenters. The van der Waals surface area contributed by atoms with E-state index in [0.29, 0.717) is 12.1 Å². The van der Waals surface area contributed by atoms with Gasteiger partial charge in [-0.25, -0.2) is 8.78 Å². The van der Waals surface area contributed by atoms with Crippen LogP contribution in [0.2, 0.25) is 0 Å². The molecular formula is C17H16F2N2. The minimum atomic E-state index is -0.555. The van der Waals surface area contributed by atoms with E-state index in [4.69, 9.17) is 0 Å². The molecule has 0 spiro atoms. The molecule has 0 aliphatic carbocycles. The molecule has 0 saturated carbocycles. The minimum absolute atomic E-state index is 0.195. The number of fused-ring (bicyclic) bond motifs is 1. The lowest BCUT2D eigenvalue weighted by Gasteiger charge is -2.15. The van der Waals surface area contributed by atoms with Crippen LogP contribution >= 0.6 is 0 Å². The first-order valence-electron chi connectivity index (χ1n) is 6.88. The summed E-state index contributed by atoms with van der Waals surface area (Å²) in [6, 6.07) is 11.6. The van der Waals surface area contributed by atoms with Crippen LogP contribution in [-0.2, 0) is 6.54 Å². The fourth-order valence-electron chi connectivity index (χ4n) is 2.53. The van der Waals surface area contributed by atoms with Gasteiger partial charge in [-0.05, 0) is 30.7 Å². The molecule has 1 unspecified atom stereocenters. The average molecular weight is 286 g/mol. The third-order valence-corrected chi connectivity index (χ3v) is 3.71. The molecule has 2 nitrogen and oxygen atoms in total. The maximum absolute atomic E-state index is 13.7. The highest BCUT2D eigenvalue weighted by molar-refractivity contribution is 5.82. The minimum Gasteiger partial charge on any atom is -0.361 e. The summed E-state index contributed by atoms with van der Waals surface area (Å²) in [6.07, 6.45) is 1.90. The largest absolute Gasteiger partial charge is 0.361 e. The van der Waals surface area contributed by atoms with Crippen molar-refractivity contribution in [2.24, 2.45) is 0 Å². The van der Waals surface area contributed by atoms with Gasteiger partial charge in [-0.2, -0.15) is 0 Å². The zero-order valence-electron chi connectivity index (χ0n) is 11.7. The lowest BCUT2D eigenvalue weighted by molar-refractivity contribution is 0.518. The summed E-state index contributed by atoms with van der Waals surface area (Å²) in [5.41, 5.74) is 2.69. The van der Waals surface area contributed by atoms with Crippen molar-refractivity contribution in [1.82, 2.24) is 10.3 Å². The van der Waals surface area contributed by atoms with Gasteiger partial charge in [0, 0.05) is 41.3 Å². The molecule has 4 heteroatoms. The summed E-state index contributed by atoms with van der Waals surface area (Å²) in [6.45, 7) is 2.49. The van der Waals surface area contributed by atoms with E-state index in [2.05, 4.69) is 10.3 Å². The molecule has 0 saturated heterocycles. The Morgan fingerprint density at radius 2 is 2.00 bits per heavy atom. The van der Waals surface area contributed by atoms with Crippen molar-refractivity contribution in [1.29, 1.82) is 0 Å². The van der Waals surface area contributed by atoms with Crippen molar-refractivity contribution < 1.29 is 8.78 Å². The lowest BCUT2D eigenvalue weighted by Crippen LogP contribution is -2.19. The molecule has 21 heavy (non-hydrogen) atoms. The Balaban J connectivity index is 1.76. The second kappa shape index (κ2) is 5.66. The van der Waals surface area contributed by atoms with Crippen LogP contribution in [0.4, 0.5) is 8.78 Å². The summed E-state index contributed by atoms with van der Waals surface area (Å²) >= 11 is 0. The fraction of sp³-hybridized carbons (Fsp3) is 0.176. The Bertz CT molecular complexity index is 764. The number of H-pyrrole nitrogens is 1. The predicted molar refractivity (Wildman–Crippen MR) is 79.9 cm³/mol. The van der Waals surface area contributed by atoms with Gasteiger partial charge >= 0.3 is 0 Å². The topological polar surface area (TPSA) is 27.8 Å². The number of nitrogens with one attached hydrogen (secondary N) is 2. The van der Waals surface area contributed by atoms with Gasteiger partial charge in [0.1, 0.15) is 11.6 Å². The highest BCUT2D eigenvalue weighted by Gasteiger charge is 2.12. The van der Waals surface area contributed by atoms with Crippen molar-refractivity contribution in [3.05, 3.63) is 71.4 Å². The van der Waals surface area contributed by atoms with Crippen LogP contribution in [0.15, 0.2) is 48.7 Å². The van der Waals surface area contributed by atoms with E-state index in [1.807, 2.05) is 37.4 Å². The van der Waals surface area contributed by atoms with Crippen LogP contribution in [0.3, 0.4) is 0 Å². The van der Waals surface area contributed by atoms with E-state index >= 15 is 0 Å². The lowest BCUT2D eigenvalue weighted by atomic mass is 10.1. The summed E-state index contributed by atoms with van der Waals surface area (Å²) in [7, 11) is 0. The number of benzene rings is 2. The molecule has 2 aromatic carbocycles. The first kappa shape index (κ1) is 13.8. The van der Waals surface area contributed by atoms with Crippen molar-refractivity contribution in [3.63, 3.8) is 0 Å². The molecule has 108 valence electrons. The van der Waals surface area contributed by atoms with E-state index in [1.165, 1.54) is 12.1 Å². The number of hydrogen-bond donors (Lipinski definition) is 2. The Hall–Kier alpha value is -2.20. The maximum atomic E-state index is 13.7. The molecular weight excluding hydrogens is 270 g/mol. The van der Waals surface area contributed by atoms with Crippen molar-refractivity contribution >= 4 is 10.9 Å². The summed E-state index contributed by atoms with van der Waals surface area (Å²) in [4.78, 5) is 3.17. The SMILES string of the molecule is CC(NCc1cccc2[nH]ccc12)c1ccc(F)cc1F. The Kier molecular flexibility index (Phi) is 3.71. The average Bonchev–Trinajstić information content (AvgIpc) is 2.93. The Morgan fingerprint density at radius 1 is 1.14 bits per heavy atom. The smallest absolute Gasteiger partial charge is 0.130 e. The standard InChI is InChI=1S/C17H16F2N2/c1-11(14-6-5-13(18)9-16(14)19)21-10-12-3-2-4-17-15(12)7-8-20-17/h2-9,11,20-21H,10H2,1H3. The monoisotopic (exact) mass is 286 g/mol. The molecule has 3 rings (SSSR count). The van der Waals surface area contributed by atoms with Gasteiger partial charge in [0.2, 0.25) is 0 Å². The van der Waals surface area contributed by atoms with Crippen LogP contribution in [0.1, 0.15) is 24.1 Å². The highest BCUT2D eigenvalue weighted by atomic mass is 19.1. The fourth-order valence-corrected chi connectivity index (χ4v) is 2.53. The van der Waals surface area contributed by atoms with E-state index in [1.54, 1.807) is 0 Å². The normalized spacial score (nSPS) is 12.7. The molecule has 0 fully saturated rings. The van der Waals surface area contributed by atoms with Crippen LogP contribution in [0.5, 0.6) is 0 Å². The summed E-state index contributed by atoms with van der Waals surface area (Å²) in [5.74, 6) is -1.07. The third kappa shape index (κ3) is 2.81. The van der Waals surface area contributed by atoms with Gasteiger partial charge in [0.15, 0.2) is 0 Å². The van der Waals surface area contributed by atoms with E-state index in [-0.39, 0.29) is 6.04 Å². The van der Waals surface area contributed by atoms with Crippen LogP contribution in [-0.4, -0.2) is 4.98 Å². The zero-order valence-corrected chi connectivity index (χ0v) is 11.7. The van der Waals surface area contributed by atoms with Gasteiger partial charge in [-0.15, -0.1) is 0 Å². The molecule has 1 aromatic heterocycles. The van der Waals surface area contributed by atoms with Crippen molar-refractivity contribution in [2.75, 3.05) is 0 Å². The van der Waals surface area contributed by atoms with Crippen molar-refractivity contribution in [2.45, 2.75) is 19.5 Å². The third-order valence-electron chi connectivity index (χ3n) is 3.71. The van der Waals surface area contributed by atoms with E-state index < -0.39 is 11.6 Å². The molecule has 0 aliphatic rings. The first-order valence-corrected chi connectivity index (χ1v) is 6.88. The molecule has 3 aromatic rings. The molecule has 0 aliphatic heterocycles. The molecule has 0 bridgehead atoms. The highest BCUT2D eigenvalue weighted by Crippen LogP contribution is 2.21. The summed E-state index contributed by atoms with van der Waals surface area (Å²) < 4.78 is 26.7. The van der Waals surface area contributed by atoms with Gasteiger partial charge < -0.3 is 10.3 Å². The summed E-state index contributed by atoms with van der Waals surface area (Å²) in [5, 5.41) is 4.43. The van der Waals surface area contributed by atoms with Gasteiger partial charge in [0.05, 0.1) is 0 Å². The Morgan fingerprint density at radius 3 is 2.81 bits per heavy atom.